The van der Waals surface area contributed by atoms with Crippen LogP contribution in [0.2, 0.25) is 0 Å². The van der Waals surface area contributed by atoms with Gasteiger partial charge in [-0.2, -0.15) is 0 Å². The molecule has 1 atom stereocenters. The predicted octanol–water partition coefficient (Wildman–Crippen LogP) is 11.0. The lowest BCUT2D eigenvalue weighted by molar-refractivity contribution is -0.161. The van der Waals surface area contributed by atoms with Crippen LogP contribution in [0.1, 0.15) is 194 Å². The number of unbranched alkanes of at least 4 members (excludes halogenated alkanes) is 23. The maximum Gasteiger partial charge on any atom is 0.306 e. The highest BCUT2D eigenvalue weighted by Gasteiger charge is 2.16. The Morgan fingerprint density at radius 1 is 0.524 bits per heavy atom. The third-order valence-electron chi connectivity index (χ3n) is 8.06. The molecule has 0 aliphatic rings. The summed E-state index contributed by atoms with van der Waals surface area (Å²) in [7, 11) is 0. The van der Waals surface area contributed by atoms with Crippen LogP contribution in [0.25, 0.3) is 0 Å². The van der Waals surface area contributed by atoms with Crippen molar-refractivity contribution in [1.82, 2.24) is 0 Å². The predicted molar refractivity (Wildman–Crippen MR) is 178 cm³/mol. The fourth-order valence-electron chi connectivity index (χ4n) is 5.25. The number of carbonyl (C=O) groups is 2. The van der Waals surface area contributed by atoms with E-state index in [0.717, 1.165) is 44.9 Å². The van der Waals surface area contributed by atoms with Gasteiger partial charge in [-0.05, 0) is 38.5 Å². The largest absolute Gasteiger partial charge is 0.462 e. The molecule has 0 radical (unpaired) electrons. The molecular formula is C37H70O5. The standard InChI is InChI=1S/C37H70O5/c1-3-5-7-9-11-13-15-17-18-20-21-23-25-27-29-31-36(39)41-34-35(33-38)42-37(40)32-30-28-26-24-22-19-16-14-12-10-8-6-4-2/h17-18,35,38H,3-16,19-34H2,1-2H3/b18-17+. The molecule has 0 saturated heterocycles. The van der Waals surface area contributed by atoms with E-state index in [9.17, 15) is 14.7 Å². The van der Waals surface area contributed by atoms with Crippen molar-refractivity contribution in [1.29, 1.82) is 0 Å². The molecule has 0 amide bonds. The van der Waals surface area contributed by atoms with Gasteiger partial charge in [0.1, 0.15) is 6.61 Å². The average molecular weight is 595 g/mol. The molecule has 0 spiro atoms. The summed E-state index contributed by atoms with van der Waals surface area (Å²) in [6.45, 7) is 4.13. The van der Waals surface area contributed by atoms with Crippen LogP contribution in [0.4, 0.5) is 0 Å². The van der Waals surface area contributed by atoms with E-state index in [1.54, 1.807) is 0 Å². The van der Waals surface area contributed by atoms with Crippen LogP contribution < -0.4 is 0 Å². The third kappa shape index (κ3) is 31.6. The van der Waals surface area contributed by atoms with Crippen molar-refractivity contribution in [2.75, 3.05) is 13.2 Å². The number of hydrogen-bond donors (Lipinski definition) is 1. The number of esters is 2. The summed E-state index contributed by atoms with van der Waals surface area (Å²) < 4.78 is 10.6. The van der Waals surface area contributed by atoms with Crippen LogP contribution in [0.3, 0.4) is 0 Å². The first-order valence-corrected chi connectivity index (χ1v) is 18.2. The zero-order chi connectivity index (χ0) is 30.8. The number of allylic oxidation sites excluding steroid dienone is 2. The van der Waals surface area contributed by atoms with Gasteiger partial charge in [-0.1, -0.05) is 154 Å². The topological polar surface area (TPSA) is 72.8 Å². The SMILES string of the molecule is CCCCCCCC/C=C/CCCCCCCC(=O)OCC(CO)OC(=O)CCCCCCCCCCCCCCC. The minimum atomic E-state index is -0.766. The number of rotatable bonds is 33. The van der Waals surface area contributed by atoms with Crippen molar-refractivity contribution in [2.24, 2.45) is 0 Å². The number of carbonyl (C=O) groups excluding carboxylic acids is 2. The number of hydrogen-bond acceptors (Lipinski definition) is 5. The van der Waals surface area contributed by atoms with Crippen molar-refractivity contribution in [3.63, 3.8) is 0 Å². The molecule has 0 aliphatic carbocycles. The Kier molecular flexibility index (Phi) is 33.0. The minimum absolute atomic E-state index is 0.0647. The lowest BCUT2D eigenvalue weighted by Crippen LogP contribution is -2.28. The molecule has 0 fully saturated rings. The maximum absolute atomic E-state index is 12.1. The summed E-state index contributed by atoms with van der Waals surface area (Å²) in [4.78, 5) is 24.1. The van der Waals surface area contributed by atoms with E-state index in [2.05, 4.69) is 26.0 Å². The fraction of sp³-hybridized carbons (Fsp3) is 0.892. The normalized spacial score (nSPS) is 12.2. The highest BCUT2D eigenvalue weighted by molar-refractivity contribution is 5.70. The Morgan fingerprint density at radius 3 is 1.29 bits per heavy atom. The van der Waals surface area contributed by atoms with Crippen molar-refractivity contribution < 1.29 is 24.2 Å². The van der Waals surface area contributed by atoms with Gasteiger partial charge in [0, 0.05) is 12.8 Å². The summed E-state index contributed by atoms with van der Waals surface area (Å²) in [5, 5.41) is 9.52. The first-order chi connectivity index (χ1) is 20.6. The summed E-state index contributed by atoms with van der Waals surface area (Å²) >= 11 is 0. The van der Waals surface area contributed by atoms with Crippen molar-refractivity contribution >= 4 is 11.9 Å². The van der Waals surface area contributed by atoms with Gasteiger partial charge < -0.3 is 14.6 Å². The number of ether oxygens (including phenoxy) is 2. The molecule has 0 aliphatic heterocycles. The molecular weight excluding hydrogens is 524 g/mol. The second-order valence-corrected chi connectivity index (χ2v) is 12.3. The molecule has 1 N–H and O–H groups in total. The van der Waals surface area contributed by atoms with E-state index in [1.807, 2.05) is 0 Å². The lowest BCUT2D eigenvalue weighted by Gasteiger charge is -2.15. The lowest BCUT2D eigenvalue weighted by atomic mass is 10.0. The zero-order valence-corrected chi connectivity index (χ0v) is 28.0. The molecule has 0 bridgehead atoms. The fourth-order valence-corrected chi connectivity index (χ4v) is 5.25. The Hall–Kier alpha value is -1.36. The molecule has 0 aromatic rings. The Balaban J connectivity index is 3.55. The summed E-state index contributed by atoms with van der Waals surface area (Å²) in [6, 6.07) is 0. The van der Waals surface area contributed by atoms with Crippen LogP contribution in [-0.4, -0.2) is 36.4 Å². The number of aliphatic hydroxyl groups is 1. The maximum atomic E-state index is 12.1. The second kappa shape index (κ2) is 34.1. The summed E-state index contributed by atoms with van der Waals surface area (Å²) in [5.41, 5.74) is 0. The first kappa shape index (κ1) is 40.6. The average Bonchev–Trinajstić information content (AvgIpc) is 2.99. The quantitative estimate of drug-likeness (QED) is 0.0465. The van der Waals surface area contributed by atoms with Gasteiger partial charge in [0.05, 0.1) is 6.61 Å². The molecule has 0 saturated carbocycles. The van der Waals surface area contributed by atoms with Crippen LogP contribution in [0, 0.1) is 0 Å². The van der Waals surface area contributed by atoms with E-state index < -0.39 is 6.10 Å². The smallest absolute Gasteiger partial charge is 0.306 e. The Labute approximate surface area is 261 Å². The van der Waals surface area contributed by atoms with Gasteiger partial charge in [0.2, 0.25) is 0 Å². The van der Waals surface area contributed by atoms with Crippen molar-refractivity contribution in [3.05, 3.63) is 12.2 Å². The molecule has 42 heavy (non-hydrogen) atoms. The van der Waals surface area contributed by atoms with Gasteiger partial charge >= 0.3 is 11.9 Å². The van der Waals surface area contributed by atoms with Crippen LogP contribution >= 0.6 is 0 Å². The summed E-state index contributed by atoms with van der Waals surface area (Å²) in [6.07, 6.45) is 36.9. The third-order valence-corrected chi connectivity index (χ3v) is 8.06. The highest BCUT2D eigenvalue weighted by Crippen LogP contribution is 2.14. The van der Waals surface area contributed by atoms with Gasteiger partial charge in [-0.25, -0.2) is 0 Å². The second-order valence-electron chi connectivity index (χ2n) is 12.3. The molecule has 1 unspecified atom stereocenters. The molecule has 0 rings (SSSR count). The van der Waals surface area contributed by atoms with E-state index in [1.165, 1.54) is 122 Å². The monoisotopic (exact) mass is 595 g/mol. The van der Waals surface area contributed by atoms with Crippen molar-refractivity contribution in [3.8, 4) is 0 Å². The van der Waals surface area contributed by atoms with E-state index >= 15 is 0 Å². The van der Waals surface area contributed by atoms with Gasteiger partial charge in [0.25, 0.3) is 0 Å². The number of aliphatic hydroxyl groups excluding tert-OH is 1. The first-order valence-electron chi connectivity index (χ1n) is 18.2. The molecule has 0 aromatic carbocycles. The van der Waals surface area contributed by atoms with E-state index in [4.69, 9.17) is 9.47 Å². The van der Waals surface area contributed by atoms with Gasteiger partial charge in [-0.15, -0.1) is 0 Å². The zero-order valence-electron chi connectivity index (χ0n) is 28.0. The molecule has 5 heteroatoms. The van der Waals surface area contributed by atoms with Crippen molar-refractivity contribution in [2.45, 2.75) is 200 Å². The van der Waals surface area contributed by atoms with Crippen LogP contribution in [0.15, 0.2) is 12.2 Å². The van der Waals surface area contributed by atoms with Gasteiger partial charge in [-0.3, -0.25) is 9.59 Å². The van der Waals surface area contributed by atoms with Crippen LogP contribution in [-0.2, 0) is 19.1 Å². The molecule has 0 aromatic heterocycles. The minimum Gasteiger partial charge on any atom is -0.462 e. The Morgan fingerprint density at radius 2 is 0.881 bits per heavy atom. The Bertz CT molecular complexity index is 603. The summed E-state index contributed by atoms with van der Waals surface area (Å²) in [5.74, 6) is -0.593. The molecule has 0 heterocycles. The van der Waals surface area contributed by atoms with E-state index in [-0.39, 0.29) is 25.2 Å². The van der Waals surface area contributed by atoms with Crippen LogP contribution in [0.5, 0.6) is 0 Å². The van der Waals surface area contributed by atoms with Gasteiger partial charge in [0.15, 0.2) is 6.10 Å². The highest BCUT2D eigenvalue weighted by atomic mass is 16.6. The van der Waals surface area contributed by atoms with E-state index in [0.29, 0.717) is 12.8 Å². The molecule has 248 valence electrons. The molecule has 5 nitrogen and oxygen atoms in total.